The Morgan fingerprint density at radius 2 is 2.00 bits per heavy atom. The summed E-state index contributed by atoms with van der Waals surface area (Å²) in [4.78, 5) is 2.15. The second-order valence-corrected chi connectivity index (χ2v) is 4.57. The average Bonchev–Trinajstić information content (AvgIpc) is 2.37. The summed E-state index contributed by atoms with van der Waals surface area (Å²) in [5, 5.41) is 23.1. The Morgan fingerprint density at radius 1 is 1.33 bits per heavy atom. The molecule has 18 heavy (non-hydrogen) atoms. The number of benzene rings is 1. The third-order valence-corrected chi connectivity index (χ3v) is 3.45. The van der Waals surface area contributed by atoms with Crippen molar-refractivity contribution in [2.45, 2.75) is 6.04 Å². The van der Waals surface area contributed by atoms with Gasteiger partial charge in [0.2, 0.25) is 0 Å². The molecule has 0 bridgehead atoms. The van der Waals surface area contributed by atoms with Crippen LogP contribution in [0.15, 0.2) is 18.2 Å². The van der Waals surface area contributed by atoms with E-state index in [2.05, 4.69) is 10.2 Å². The van der Waals surface area contributed by atoms with Gasteiger partial charge in [0.15, 0.2) is 0 Å². The van der Waals surface area contributed by atoms with Crippen LogP contribution in [0.3, 0.4) is 0 Å². The van der Waals surface area contributed by atoms with Crippen molar-refractivity contribution >= 4 is 24.0 Å². The molecule has 102 valence electrons. The second kappa shape index (κ2) is 7.16. The number of hydrogen-bond acceptors (Lipinski definition) is 4. The molecule has 4 nitrogen and oxygen atoms in total. The van der Waals surface area contributed by atoms with Gasteiger partial charge in [-0.1, -0.05) is 23.7 Å². The summed E-state index contributed by atoms with van der Waals surface area (Å²) in [5.74, 6) is 0.0757. The van der Waals surface area contributed by atoms with Gasteiger partial charge in [0.25, 0.3) is 0 Å². The van der Waals surface area contributed by atoms with E-state index in [4.69, 9.17) is 11.6 Å². The van der Waals surface area contributed by atoms with Crippen LogP contribution in [0.2, 0.25) is 5.02 Å². The Morgan fingerprint density at radius 3 is 2.61 bits per heavy atom. The molecule has 1 saturated heterocycles. The van der Waals surface area contributed by atoms with Crippen molar-refractivity contribution in [3.05, 3.63) is 28.8 Å². The number of piperazine rings is 1. The number of aliphatic hydroxyl groups excluding tert-OH is 1. The lowest BCUT2D eigenvalue weighted by Crippen LogP contribution is -2.46. The van der Waals surface area contributed by atoms with Crippen molar-refractivity contribution in [1.82, 2.24) is 10.2 Å². The Balaban J connectivity index is 0.00000162. The van der Waals surface area contributed by atoms with Crippen LogP contribution >= 0.6 is 24.0 Å². The maximum absolute atomic E-state index is 9.94. The van der Waals surface area contributed by atoms with Gasteiger partial charge in [-0.15, -0.1) is 12.4 Å². The Kier molecular flexibility index (Phi) is 6.18. The first-order chi connectivity index (χ1) is 8.24. The fraction of sp³-hybridized carbons (Fsp3) is 0.500. The van der Waals surface area contributed by atoms with Crippen LogP contribution in [-0.4, -0.2) is 47.9 Å². The molecule has 0 unspecified atom stereocenters. The molecular weight excluding hydrogens is 275 g/mol. The number of para-hydroxylation sites is 1. The van der Waals surface area contributed by atoms with Crippen molar-refractivity contribution in [3.8, 4) is 5.75 Å². The Bertz CT molecular complexity index is 384. The number of nitrogens with one attached hydrogen (secondary N) is 1. The SMILES string of the molecule is Cl.OC[C@@H](c1cccc(Cl)c1O)N1CCNCC1. The van der Waals surface area contributed by atoms with Gasteiger partial charge in [-0.2, -0.15) is 0 Å². The molecule has 1 atom stereocenters. The Labute approximate surface area is 118 Å². The quantitative estimate of drug-likeness (QED) is 0.788. The first kappa shape index (κ1) is 15.5. The van der Waals surface area contributed by atoms with E-state index in [0.29, 0.717) is 10.6 Å². The van der Waals surface area contributed by atoms with E-state index >= 15 is 0 Å². The number of aromatic hydroxyl groups is 1. The van der Waals surface area contributed by atoms with Gasteiger partial charge >= 0.3 is 0 Å². The maximum atomic E-state index is 9.94. The van der Waals surface area contributed by atoms with E-state index in [1.54, 1.807) is 12.1 Å². The first-order valence-electron chi connectivity index (χ1n) is 5.77. The summed E-state index contributed by atoms with van der Waals surface area (Å²) in [6, 6.07) is 5.06. The molecule has 3 N–H and O–H groups in total. The third kappa shape index (κ3) is 3.28. The highest BCUT2D eigenvalue weighted by atomic mass is 35.5. The largest absolute Gasteiger partial charge is 0.506 e. The van der Waals surface area contributed by atoms with E-state index in [9.17, 15) is 10.2 Å². The van der Waals surface area contributed by atoms with Gasteiger partial charge in [0, 0.05) is 31.7 Å². The van der Waals surface area contributed by atoms with Gasteiger partial charge in [-0.3, -0.25) is 4.90 Å². The topological polar surface area (TPSA) is 55.7 Å². The number of hydrogen-bond donors (Lipinski definition) is 3. The summed E-state index contributed by atoms with van der Waals surface area (Å²) in [7, 11) is 0. The second-order valence-electron chi connectivity index (χ2n) is 4.16. The van der Waals surface area contributed by atoms with Gasteiger partial charge in [-0.05, 0) is 6.07 Å². The predicted molar refractivity (Wildman–Crippen MR) is 74.6 cm³/mol. The zero-order valence-electron chi connectivity index (χ0n) is 9.97. The third-order valence-electron chi connectivity index (χ3n) is 3.14. The molecular formula is C12H18Cl2N2O2. The number of nitrogens with zero attached hydrogens (tertiary/aromatic N) is 1. The van der Waals surface area contributed by atoms with Crippen LogP contribution in [0.5, 0.6) is 5.75 Å². The fourth-order valence-electron chi connectivity index (χ4n) is 2.21. The van der Waals surface area contributed by atoms with Crippen molar-refractivity contribution in [2.75, 3.05) is 32.8 Å². The van der Waals surface area contributed by atoms with E-state index in [1.807, 2.05) is 6.07 Å². The minimum atomic E-state index is -0.184. The molecule has 1 aliphatic heterocycles. The van der Waals surface area contributed by atoms with E-state index in [-0.39, 0.29) is 30.8 Å². The van der Waals surface area contributed by atoms with Crippen LogP contribution in [0.4, 0.5) is 0 Å². The highest BCUT2D eigenvalue weighted by Crippen LogP contribution is 2.33. The number of phenols is 1. The molecule has 0 aliphatic carbocycles. The molecule has 1 heterocycles. The molecule has 0 amide bonds. The van der Waals surface area contributed by atoms with Gasteiger partial charge < -0.3 is 15.5 Å². The zero-order chi connectivity index (χ0) is 12.3. The first-order valence-corrected chi connectivity index (χ1v) is 6.15. The zero-order valence-corrected chi connectivity index (χ0v) is 11.5. The maximum Gasteiger partial charge on any atom is 0.139 e. The standard InChI is InChI=1S/C12H17ClN2O2.ClH/c13-10-3-1-2-9(12(10)17)11(8-16)15-6-4-14-5-7-15;/h1-3,11,14,16-17H,4-8H2;1H/t11-;/m0./s1. The van der Waals surface area contributed by atoms with Crippen molar-refractivity contribution in [1.29, 1.82) is 0 Å². The van der Waals surface area contributed by atoms with Crippen molar-refractivity contribution in [2.24, 2.45) is 0 Å². The van der Waals surface area contributed by atoms with E-state index < -0.39 is 0 Å². The van der Waals surface area contributed by atoms with Crippen LogP contribution in [-0.2, 0) is 0 Å². The van der Waals surface area contributed by atoms with Crippen LogP contribution < -0.4 is 5.32 Å². The molecule has 0 aromatic heterocycles. The lowest BCUT2D eigenvalue weighted by molar-refractivity contribution is 0.109. The van der Waals surface area contributed by atoms with Crippen LogP contribution in [0.25, 0.3) is 0 Å². The molecule has 2 rings (SSSR count). The van der Waals surface area contributed by atoms with Crippen molar-refractivity contribution < 1.29 is 10.2 Å². The monoisotopic (exact) mass is 292 g/mol. The van der Waals surface area contributed by atoms with Gasteiger partial charge in [0.05, 0.1) is 17.7 Å². The minimum Gasteiger partial charge on any atom is -0.506 e. The molecule has 1 aromatic rings. The highest BCUT2D eigenvalue weighted by Gasteiger charge is 2.24. The number of rotatable bonds is 3. The Hall–Kier alpha value is -0.520. The molecule has 1 fully saturated rings. The normalized spacial score (nSPS) is 18.1. The van der Waals surface area contributed by atoms with E-state index in [0.717, 1.165) is 26.2 Å². The smallest absolute Gasteiger partial charge is 0.139 e. The van der Waals surface area contributed by atoms with Crippen molar-refractivity contribution in [3.63, 3.8) is 0 Å². The molecule has 0 saturated carbocycles. The van der Waals surface area contributed by atoms with Crippen LogP contribution in [0.1, 0.15) is 11.6 Å². The molecule has 6 heteroatoms. The minimum absolute atomic E-state index is 0. The lowest BCUT2D eigenvalue weighted by Gasteiger charge is -2.34. The molecule has 1 aliphatic rings. The number of aliphatic hydroxyl groups is 1. The summed E-state index contributed by atoms with van der Waals surface area (Å²) < 4.78 is 0. The lowest BCUT2D eigenvalue weighted by atomic mass is 10.0. The van der Waals surface area contributed by atoms with Crippen LogP contribution in [0, 0.1) is 0 Å². The summed E-state index contributed by atoms with van der Waals surface area (Å²) in [6.07, 6.45) is 0. The van der Waals surface area contributed by atoms with Gasteiger partial charge in [0.1, 0.15) is 5.75 Å². The molecule has 1 aromatic carbocycles. The average molecular weight is 293 g/mol. The predicted octanol–water partition coefficient (Wildman–Crippen LogP) is 1.41. The summed E-state index contributed by atoms with van der Waals surface area (Å²) in [5.41, 5.74) is 0.696. The van der Waals surface area contributed by atoms with Gasteiger partial charge in [-0.25, -0.2) is 0 Å². The molecule has 0 spiro atoms. The number of halogens is 2. The fourth-order valence-corrected chi connectivity index (χ4v) is 2.39. The summed E-state index contributed by atoms with van der Waals surface area (Å²) in [6.45, 7) is 3.50. The highest BCUT2D eigenvalue weighted by molar-refractivity contribution is 6.32. The van der Waals surface area contributed by atoms with E-state index in [1.165, 1.54) is 0 Å². The number of phenolic OH excluding ortho intramolecular Hbond substituents is 1. The summed E-state index contributed by atoms with van der Waals surface area (Å²) >= 11 is 5.89. The molecule has 0 radical (unpaired) electrons.